The highest BCUT2D eigenvalue weighted by molar-refractivity contribution is 7.86. The fraction of sp³-hybridized carbons (Fsp3) is 0.226. The number of rotatable bonds is 14. The molecule has 390 valence electrons. The van der Waals surface area contributed by atoms with Crippen LogP contribution < -0.4 is 9.88 Å². The highest BCUT2D eigenvalue weighted by Gasteiger charge is 2.43. The van der Waals surface area contributed by atoms with Crippen molar-refractivity contribution in [2.75, 3.05) is 11.9 Å². The van der Waals surface area contributed by atoms with Crippen LogP contribution in [0.5, 0.6) is 0 Å². The second-order valence-corrected chi connectivity index (χ2v) is 23.6. The van der Waals surface area contributed by atoms with Crippen LogP contribution in [0.25, 0.3) is 0 Å². The smallest absolute Gasteiger partial charge is 0.327 e. The number of nitrogens with one attached hydrogen (secondary N) is 1. The fourth-order valence-electron chi connectivity index (χ4n) is 8.37. The van der Waals surface area contributed by atoms with Gasteiger partial charge in [-0.15, -0.1) is 0 Å². The quantitative estimate of drug-likeness (QED) is 0.0353. The second kappa shape index (κ2) is 21.8. The van der Waals surface area contributed by atoms with Crippen LogP contribution in [0.3, 0.4) is 0 Å². The summed E-state index contributed by atoms with van der Waals surface area (Å²) in [5, 5.41) is 2.30. The molecule has 0 radical (unpaired) electrons. The molecule has 0 atom stereocenters. The Morgan fingerprint density at radius 2 is 1.26 bits per heavy atom. The van der Waals surface area contributed by atoms with Gasteiger partial charge in [-0.05, 0) is 145 Å². The van der Waals surface area contributed by atoms with Crippen molar-refractivity contribution in [1.82, 2.24) is 19.9 Å². The summed E-state index contributed by atoms with van der Waals surface area (Å²) in [5.74, 6) is 13.5. The SMILES string of the molecule is CC1(C)C2=CC(C#Cc3ccc(S(=O)(=O)O)cc3)=CN(CCCCCC(=O)Nc3nc(Cl)nc(Cl)n3)C2=N/C1=C\C=C\C1=Nc2c(cc(C#Cc3ccc(S(=O)(=O)O)cc3)c[n+]2Cc2ccc(S(=O)(=O)O)cc2)C1(C)C. The number of carbonyl (C=O) groups excluding carboxylic acids is 1. The zero-order chi connectivity index (χ0) is 54.8. The van der Waals surface area contributed by atoms with E-state index < -0.39 is 41.2 Å². The number of benzene rings is 3. The Bertz CT molecular complexity index is 3850. The minimum absolute atomic E-state index is 0.0404. The van der Waals surface area contributed by atoms with Crippen LogP contribution in [0.1, 0.15) is 81.2 Å². The van der Waals surface area contributed by atoms with Crippen molar-refractivity contribution in [2.24, 2.45) is 15.4 Å². The second-order valence-electron chi connectivity index (χ2n) is 18.7. The van der Waals surface area contributed by atoms with E-state index in [0.717, 1.165) is 33.9 Å². The van der Waals surface area contributed by atoms with Crippen molar-refractivity contribution < 1.29 is 48.3 Å². The molecule has 1 amide bonds. The van der Waals surface area contributed by atoms with Gasteiger partial charge < -0.3 is 4.90 Å². The lowest BCUT2D eigenvalue weighted by Gasteiger charge is -2.29. The van der Waals surface area contributed by atoms with Crippen molar-refractivity contribution in [3.05, 3.63) is 171 Å². The minimum atomic E-state index is -4.41. The van der Waals surface area contributed by atoms with Crippen LogP contribution >= 0.6 is 23.2 Å². The molecular weight excluding hydrogens is 1080 g/mol. The van der Waals surface area contributed by atoms with E-state index in [1.54, 1.807) is 12.1 Å². The number of amides is 1. The predicted molar refractivity (Wildman–Crippen MR) is 286 cm³/mol. The molecule has 0 fully saturated rings. The first-order valence-corrected chi connectivity index (χ1v) is 28.3. The average molecular weight is 1120 g/mol. The molecule has 2 aromatic heterocycles. The maximum atomic E-state index is 12.7. The third kappa shape index (κ3) is 13.1. The lowest BCUT2D eigenvalue weighted by Crippen LogP contribution is -2.36. The van der Waals surface area contributed by atoms with Gasteiger partial charge >= 0.3 is 5.82 Å². The summed E-state index contributed by atoms with van der Waals surface area (Å²) in [7, 11) is -13.2. The number of anilines is 1. The van der Waals surface area contributed by atoms with Crippen molar-refractivity contribution in [3.63, 3.8) is 0 Å². The largest absolute Gasteiger partial charge is 0.332 e. The molecule has 4 N–H and O–H groups in total. The number of aliphatic imine (C=N–C) groups is 2. The Morgan fingerprint density at radius 1 is 0.711 bits per heavy atom. The highest BCUT2D eigenvalue weighted by Crippen LogP contribution is 2.45. The maximum Gasteiger partial charge on any atom is 0.327 e. The Labute approximate surface area is 450 Å². The van der Waals surface area contributed by atoms with Crippen molar-refractivity contribution in [2.45, 2.75) is 80.0 Å². The number of halogens is 2. The Balaban J connectivity index is 1.06. The number of amidine groups is 1. The van der Waals surface area contributed by atoms with E-state index in [-0.39, 0.29) is 50.1 Å². The lowest BCUT2D eigenvalue weighted by atomic mass is 9.80. The summed E-state index contributed by atoms with van der Waals surface area (Å²) < 4.78 is 100. The molecule has 5 heterocycles. The first kappa shape index (κ1) is 55.1. The monoisotopic (exact) mass is 1120 g/mol. The van der Waals surface area contributed by atoms with E-state index in [0.29, 0.717) is 53.9 Å². The Morgan fingerprint density at radius 3 is 1.84 bits per heavy atom. The van der Waals surface area contributed by atoms with E-state index in [9.17, 15) is 43.7 Å². The molecule has 0 saturated heterocycles. The van der Waals surface area contributed by atoms with Gasteiger partial charge in [0.15, 0.2) is 5.71 Å². The van der Waals surface area contributed by atoms with Crippen LogP contribution in [0, 0.1) is 29.1 Å². The van der Waals surface area contributed by atoms with Gasteiger partial charge in [-0.25, -0.2) is 9.56 Å². The molecule has 76 heavy (non-hydrogen) atoms. The van der Waals surface area contributed by atoms with E-state index in [1.807, 2.05) is 66.1 Å². The molecule has 0 saturated carbocycles. The molecule has 3 aromatic carbocycles. The van der Waals surface area contributed by atoms with Crippen molar-refractivity contribution in [3.8, 4) is 23.7 Å². The summed E-state index contributed by atoms with van der Waals surface area (Å²) in [5.41, 5.74) is 5.01. The Kier molecular flexibility index (Phi) is 15.8. The molecule has 18 nitrogen and oxygen atoms in total. The van der Waals surface area contributed by atoms with Gasteiger partial charge in [-0.2, -0.15) is 40.2 Å². The molecule has 3 aliphatic heterocycles. The molecule has 0 spiro atoms. The summed E-state index contributed by atoms with van der Waals surface area (Å²) >= 11 is 11.7. The van der Waals surface area contributed by atoms with Gasteiger partial charge in [0.2, 0.25) is 22.4 Å². The van der Waals surface area contributed by atoms with Gasteiger partial charge in [0.05, 0.1) is 36.9 Å². The average Bonchev–Trinajstić information content (AvgIpc) is 3.82. The summed E-state index contributed by atoms with van der Waals surface area (Å²) in [6.45, 7) is 8.99. The molecule has 0 aliphatic carbocycles. The van der Waals surface area contributed by atoms with E-state index in [4.69, 9.17) is 33.2 Å². The van der Waals surface area contributed by atoms with Gasteiger partial charge in [0.1, 0.15) is 18.6 Å². The van der Waals surface area contributed by atoms with Gasteiger partial charge in [-0.1, -0.05) is 62.2 Å². The van der Waals surface area contributed by atoms with Gasteiger partial charge in [0, 0.05) is 46.9 Å². The molecule has 5 aromatic rings. The van der Waals surface area contributed by atoms with Crippen LogP contribution in [-0.4, -0.2) is 82.8 Å². The van der Waals surface area contributed by atoms with Crippen LogP contribution in [0.15, 0.2) is 157 Å². The molecular formula is C53H47Cl2N8O10S3+. The zero-order valence-electron chi connectivity index (χ0n) is 41.0. The molecule has 0 unspecified atom stereocenters. The summed E-state index contributed by atoms with van der Waals surface area (Å²) in [6, 6.07) is 18.9. The van der Waals surface area contributed by atoms with Gasteiger partial charge in [0.25, 0.3) is 30.4 Å². The van der Waals surface area contributed by atoms with Crippen LogP contribution in [0.2, 0.25) is 10.6 Å². The number of allylic oxidation sites excluding steroid dienone is 6. The molecule has 3 aliphatic rings. The number of aromatic nitrogens is 4. The van der Waals surface area contributed by atoms with Crippen molar-refractivity contribution in [1.29, 1.82) is 0 Å². The fourth-order valence-corrected chi connectivity index (χ4v) is 10.2. The number of carbonyl (C=O) groups is 1. The first-order chi connectivity index (χ1) is 35.7. The number of hydrogen-bond acceptors (Lipinski definition) is 13. The number of pyridine rings is 1. The molecule has 23 heteroatoms. The zero-order valence-corrected chi connectivity index (χ0v) is 45.0. The summed E-state index contributed by atoms with van der Waals surface area (Å²) in [6.07, 6.45) is 13.6. The van der Waals surface area contributed by atoms with Crippen LogP contribution in [-0.2, 0) is 47.1 Å². The van der Waals surface area contributed by atoms with E-state index in [1.165, 1.54) is 60.7 Å². The van der Waals surface area contributed by atoms with Crippen molar-refractivity contribution >= 4 is 82.8 Å². The topological polar surface area (TPSA) is 263 Å². The number of nitrogens with zero attached hydrogens (tertiary/aromatic N) is 7. The normalized spacial score (nSPS) is 16.1. The molecule has 0 bridgehead atoms. The number of hydrogen-bond donors (Lipinski definition) is 4. The Hall–Kier alpha value is -7.18. The number of fused-ring (bicyclic) bond motifs is 2. The minimum Gasteiger partial charge on any atom is -0.332 e. The first-order valence-electron chi connectivity index (χ1n) is 23.2. The number of unbranched alkanes of at least 4 members (excludes halogenated alkanes) is 2. The van der Waals surface area contributed by atoms with Crippen LogP contribution in [0.4, 0.5) is 11.8 Å². The third-order valence-electron chi connectivity index (χ3n) is 12.5. The van der Waals surface area contributed by atoms with E-state index in [2.05, 4.69) is 57.8 Å². The van der Waals surface area contributed by atoms with Gasteiger partial charge in [-0.3, -0.25) is 23.8 Å². The third-order valence-corrected chi connectivity index (χ3v) is 15.5. The van der Waals surface area contributed by atoms with E-state index >= 15 is 0 Å². The predicted octanol–water partition coefficient (Wildman–Crippen LogP) is 8.27. The molecule has 8 rings (SSSR count). The highest BCUT2D eigenvalue weighted by atomic mass is 35.5. The lowest BCUT2D eigenvalue weighted by molar-refractivity contribution is -0.675. The maximum absolute atomic E-state index is 12.7. The summed E-state index contributed by atoms with van der Waals surface area (Å²) in [4.78, 5) is 35.7. The standard InChI is InChI=1S/C53H46Cl2N8O10S3/c1-52(2)42-29-37(14-12-34-16-22-39(23-17-34)74(65,66)67)32-62(28-7-5-6-11-46(64)58-51-60-49(54)59-50(55)61-51)47(42)56-44(52)9-8-10-45-53(3,4)43-30-38(15-13-35-18-24-40(25-19-35)75(68,69)70)33-63(48(43)57-45)31-36-20-26-41(27-21-36)76(71,72)73/h8-10,16-27,29-30,32-33H,5-7,11,28,31H2,1-4H3,(H3-,58,59,60,61,64,65,66,67,68,69,70,71,72,73)/p+1.